The van der Waals surface area contributed by atoms with Crippen LogP contribution in [-0.2, 0) is 13.0 Å². The SMILES string of the molecule is CCOc1cc2c(cc1CNC(=O)c1ccc(OC)c(OC)c1)OC(C)C2. The second kappa shape index (κ2) is 8.20. The summed E-state index contributed by atoms with van der Waals surface area (Å²) in [5, 5.41) is 2.93. The average molecular weight is 371 g/mol. The Kier molecular flexibility index (Phi) is 5.74. The Morgan fingerprint density at radius 1 is 1.15 bits per heavy atom. The van der Waals surface area contributed by atoms with Crippen LogP contribution in [-0.4, -0.2) is 32.8 Å². The van der Waals surface area contributed by atoms with Gasteiger partial charge >= 0.3 is 0 Å². The molecule has 1 atom stereocenters. The molecule has 0 bridgehead atoms. The van der Waals surface area contributed by atoms with Crippen molar-refractivity contribution in [2.24, 2.45) is 0 Å². The van der Waals surface area contributed by atoms with Crippen LogP contribution in [0.4, 0.5) is 0 Å². The van der Waals surface area contributed by atoms with Gasteiger partial charge in [-0.2, -0.15) is 0 Å². The van der Waals surface area contributed by atoms with E-state index in [0.717, 1.165) is 29.0 Å². The zero-order valence-corrected chi connectivity index (χ0v) is 16.1. The van der Waals surface area contributed by atoms with Gasteiger partial charge in [0.25, 0.3) is 5.91 Å². The molecule has 1 heterocycles. The van der Waals surface area contributed by atoms with Crippen LogP contribution in [0.25, 0.3) is 0 Å². The van der Waals surface area contributed by atoms with Crippen molar-refractivity contribution in [3.8, 4) is 23.0 Å². The molecule has 1 aliphatic rings. The summed E-state index contributed by atoms with van der Waals surface area (Å²) in [6, 6.07) is 9.04. The normalized spacial score (nSPS) is 14.9. The van der Waals surface area contributed by atoms with E-state index in [0.29, 0.717) is 30.2 Å². The molecule has 6 nitrogen and oxygen atoms in total. The first-order valence-corrected chi connectivity index (χ1v) is 9.01. The third-order valence-electron chi connectivity index (χ3n) is 4.46. The quantitative estimate of drug-likeness (QED) is 0.808. The van der Waals surface area contributed by atoms with Gasteiger partial charge in [-0.15, -0.1) is 0 Å². The fourth-order valence-corrected chi connectivity index (χ4v) is 3.16. The third kappa shape index (κ3) is 4.10. The Hall–Kier alpha value is -2.89. The molecule has 0 fully saturated rings. The topological polar surface area (TPSA) is 66.0 Å². The van der Waals surface area contributed by atoms with Gasteiger partial charge < -0.3 is 24.3 Å². The Labute approximate surface area is 159 Å². The lowest BCUT2D eigenvalue weighted by molar-refractivity contribution is 0.0950. The molecule has 0 radical (unpaired) electrons. The van der Waals surface area contributed by atoms with Crippen LogP contribution in [0.1, 0.15) is 35.3 Å². The second-order valence-electron chi connectivity index (χ2n) is 6.39. The fourth-order valence-electron chi connectivity index (χ4n) is 3.16. The van der Waals surface area contributed by atoms with Crippen LogP contribution in [0.5, 0.6) is 23.0 Å². The van der Waals surface area contributed by atoms with Crippen molar-refractivity contribution in [1.82, 2.24) is 5.32 Å². The summed E-state index contributed by atoms with van der Waals surface area (Å²) in [7, 11) is 3.10. The van der Waals surface area contributed by atoms with Gasteiger partial charge in [0.05, 0.1) is 20.8 Å². The molecular weight excluding hydrogens is 346 g/mol. The summed E-state index contributed by atoms with van der Waals surface area (Å²) in [5.74, 6) is 2.54. The highest BCUT2D eigenvalue weighted by Crippen LogP contribution is 2.35. The number of benzene rings is 2. The molecule has 1 amide bonds. The van der Waals surface area contributed by atoms with Gasteiger partial charge in [0.15, 0.2) is 11.5 Å². The molecule has 0 aromatic heterocycles. The van der Waals surface area contributed by atoms with E-state index >= 15 is 0 Å². The molecule has 6 heteroatoms. The van der Waals surface area contributed by atoms with E-state index in [-0.39, 0.29) is 12.0 Å². The van der Waals surface area contributed by atoms with Gasteiger partial charge in [-0.3, -0.25) is 4.79 Å². The molecule has 1 aliphatic heterocycles. The van der Waals surface area contributed by atoms with Gasteiger partial charge in [0, 0.05) is 29.7 Å². The minimum absolute atomic E-state index is 0.158. The van der Waals surface area contributed by atoms with Crippen molar-refractivity contribution in [3.63, 3.8) is 0 Å². The van der Waals surface area contributed by atoms with Crippen molar-refractivity contribution in [3.05, 3.63) is 47.0 Å². The number of nitrogens with one attached hydrogen (secondary N) is 1. The molecule has 27 heavy (non-hydrogen) atoms. The van der Waals surface area contributed by atoms with Gasteiger partial charge in [-0.25, -0.2) is 0 Å². The number of amides is 1. The molecule has 0 saturated heterocycles. The lowest BCUT2D eigenvalue weighted by Gasteiger charge is -2.14. The predicted molar refractivity (Wildman–Crippen MR) is 102 cm³/mol. The first-order chi connectivity index (χ1) is 13.0. The molecule has 0 saturated carbocycles. The third-order valence-corrected chi connectivity index (χ3v) is 4.46. The maximum atomic E-state index is 12.6. The molecule has 0 aliphatic carbocycles. The first kappa shape index (κ1) is 18.9. The van der Waals surface area contributed by atoms with Gasteiger partial charge in [0.2, 0.25) is 0 Å². The van der Waals surface area contributed by atoms with Crippen LogP contribution in [0.2, 0.25) is 0 Å². The van der Waals surface area contributed by atoms with E-state index in [2.05, 4.69) is 5.32 Å². The second-order valence-corrected chi connectivity index (χ2v) is 6.39. The summed E-state index contributed by atoms with van der Waals surface area (Å²) in [6.07, 6.45) is 1.03. The fraction of sp³-hybridized carbons (Fsp3) is 0.381. The maximum absolute atomic E-state index is 12.6. The largest absolute Gasteiger partial charge is 0.494 e. The highest BCUT2D eigenvalue weighted by molar-refractivity contribution is 5.94. The Balaban J connectivity index is 1.76. The molecule has 3 rings (SSSR count). The van der Waals surface area contributed by atoms with E-state index in [4.69, 9.17) is 18.9 Å². The zero-order valence-electron chi connectivity index (χ0n) is 16.1. The van der Waals surface area contributed by atoms with Crippen molar-refractivity contribution in [2.75, 3.05) is 20.8 Å². The number of carbonyl (C=O) groups excluding carboxylic acids is 1. The minimum Gasteiger partial charge on any atom is -0.494 e. The first-order valence-electron chi connectivity index (χ1n) is 9.01. The maximum Gasteiger partial charge on any atom is 0.251 e. The Morgan fingerprint density at radius 2 is 1.93 bits per heavy atom. The van der Waals surface area contributed by atoms with Crippen LogP contribution in [0, 0.1) is 0 Å². The Bertz CT molecular complexity index is 834. The number of carbonyl (C=O) groups is 1. The van der Waals surface area contributed by atoms with Crippen molar-refractivity contribution < 1.29 is 23.7 Å². The number of rotatable bonds is 7. The average Bonchev–Trinajstić information content (AvgIpc) is 3.04. The van der Waals surface area contributed by atoms with E-state index in [1.54, 1.807) is 32.4 Å². The number of fused-ring (bicyclic) bond motifs is 1. The lowest BCUT2D eigenvalue weighted by atomic mass is 10.1. The van der Waals surface area contributed by atoms with Gasteiger partial charge in [-0.1, -0.05) is 0 Å². The van der Waals surface area contributed by atoms with Crippen LogP contribution in [0.3, 0.4) is 0 Å². The molecule has 0 spiro atoms. The van der Waals surface area contributed by atoms with Gasteiger partial charge in [0.1, 0.15) is 17.6 Å². The molecule has 1 unspecified atom stereocenters. The Morgan fingerprint density at radius 3 is 2.63 bits per heavy atom. The smallest absolute Gasteiger partial charge is 0.251 e. The lowest BCUT2D eigenvalue weighted by Crippen LogP contribution is -2.23. The molecule has 144 valence electrons. The van der Waals surface area contributed by atoms with Gasteiger partial charge in [-0.05, 0) is 44.2 Å². The van der Waals surface area contributed by atoms with E-state index in [9.17, 15) is 4.79 Å². The molecular formula is C21H25NO5. The van der Waals surface area contributed by atoms with Crippen LogP contribution < -0.4 is 24.3 Å². The molecule has 2 aromatic carbocycles. The summed E-state index contributed by atoms with van der Waals surface area (Å²) in [6.45, 7) is 4.89. The molecule has 2 aromatic rings. The number of ether oxygens (including phenoxy) is 4. The van der Waals surface area contributed by atoms with E-state index in [1.807, 2.05) is 26.0 Å². The summed E-state index contributed by atoms with van der Waals surface area (Å²) in [5.41, 5.74) is 2.52. The minimum atomic E-state index is -0.201. The zero-order chi connectivity index (χ0) is 19.4. The van der Waals surface area contributed by atoms with Crippen LogP contribution in [0.15, 0.2) is 30.3 Å². The highest BCUT2D eigenvalue weighted by atomic mass is 16.5. The summed E-state index contributed by atoms with van der Waals surface area (Å²) < 4.78 is 22.1. The van der Waals surface area contributed by atoms with E-state index < -0.39 is 0 Å². The van der Waals surface area contributed by atoms with Crippen LogP contribution >= 0.6 is 0 Å². The van der Waals surface area contributed by atoms with Crippen molar-refractivity contribution in [2.45, 2.75) is 32.9 Å². The highest BCUT2D eigenvalue weighted by Gasteiger charge is 2.22. The van der Waals surface area contributed by atoms with E-state index in [1.165, 1.54) is 0 Å². The van der Waals surface area contributed by atoms with Crippen molar-refractivity contribution in [1.29, 1.82) is 0 Å². The summed E-state index contributed by atoms with van der Waals surface area (Å²) in [4.78, 5) is 12.6. The number of hydrogen-bond donors (Lipinski definition) is 1. The number of methoxy groups -OCH3 is 2. The van der Waals surface area contributed by atoms with Crippen molar-refractivity contribution >= 4 is 5.91 Å². The monoisotopic (exact) mass is 371 g/mol. The standard InChI is InChI=1S/C21H25NO5/c1-5-26-18-10-15-8-13(2)27-19(15)11-16(18)12-22-21(23)14-6-7-17(24-3)20(9-14)25-4/h6-7,9-11,13H,5,8,12H2,1-4H3,(H,22,23). The predicted octanol–water partition coefficient (Wildman–Crippen LogP) is 3.36. The summed E-state index contributed by atoms with van der Waals surface area (Å²) >= 11 is 0. The number of hydrogen-bond acceptors (Lipinski definition) is 5. The molecule has 1 N–H and O–H groups in total.